The van der Waals surface area contributed by atoms with Gasteiger partial charge in [-0.25, -0.2) is 9.97 Å². The highest BCUT2D eigenvalue weighted by molar-refractivity contribution is 6.17. The van der Waals surface area contributed by atoms with E-state index in [1.807, 2.05) is 6.07 Å². The molecular formula is C16H18ClN3O. The normalized spacial score (nSPS) is 11.4. The predicted molar refractivity (Wildman–Crippen MR) is 83.9 cm³/mol. The van der Waals surface area contributed by atoms with Gasteiger partial charge in [-0.3, -0.25) is 0 Å². The van der Waals surface area contributed by atoms with Crippen LogP contribution in [0, 0.1) is 6.92 Å². The molecule has 21 heavy (non-hydrogen) atoms. The molecule has 1 aromatic carbocycles. The van der Waals surface area contributed by atoms with Crippen molar-refractivity contribution >= 4 is 22.6 Å². The number of alkyl halides is 1. The summed E-state index contributed by atoms with van der Waals surface area (Å²) in [4.78, 5) is 9.08. The summed E-state index contributed by atoms with van der Waals surface area (Å²) in [6.07, 6.45) is 3.38. The molecular weight excluding hydrogens is 286 g/mol. The van der Waals surface area contributed by atoms with Crippen LogP contribution in [-0.2, 0) is 19.4 Å². The van der Waals surface area contributed by atoms with Crippen LogP contribution in [0.1, 0.15) is 30.0 Å². The third-order valence-electron chi connectivity index (χ3n) is 3.62. The van der Waals surface area contributed by atoms with Gasteiger partial charge >= 0.3 is 0 Å². The summed E-state index contributed by atoms with van der Waals surface area (Å²) < 4.78 is 7.87. The van der Waals surface area contributed by atoms with E-state index in [0.717, 1.165) is 35.5 Å². The van der Waals surface area contributed by atoms with Gasteiger partial charge in [0.05, 0.1) is 17.2 Å². The van der Waals surface area contributed by atoms with Crippen molar-refractivity contribution in [2.24, 2.45) is 0 Å². The van der Waals surface area contributed by atoms with Crippen LogP contribution in [0.25, 0.3) is 11.0 Å². The molecule has 0 fully saturated rings. The van der Waals surface area contributed by atoms with Crippen LogP contribution in [0.3, 0.4) is 0 Å². The highest BCUT2D eigenvalue weighted by Crippen LogP contribution is 2.21. The number of fused-ring (bicyclic) bond motifs is 1. The molecule has 0 N–H and O–H groups in total. The molecule has 0 atom stereocenters. The minimum atomic E-state index is 0.550. The largest absolute Gasteiger partial charge is 0.444 e. The number of nitrogens with zero attached hydrogens (tertiary/aromatic N) is 3. The number of aromatic nitrogens is 3. The molecule has 0 unspecified atom stereocenters. The molecule has 2 heterocycles. The lowest BCUT2D eigenvalue weighted by Gasteiger charge is -2.06. The number of oxazole rings is 1. The Kier molecular flexibility index (Phi) is 3.97. The quantitative estimate of drug-likeness (QED) is 0.675. The summed E-state index contributed by atoms with van der Waals surface area (Å²) in [5, 5.41) is 0. The van der Waals surface area contributed by atoms with Crippen LogP contribution in [0.15, 0.2) is 28.8 Å². The molecule has 110 valence electrons. The van der Waals surface area contributed by atoms with Crippen LogP contribution in [-0.4, -0.2) is 20.4 Å². The van der Waals surface area contributed by atoms with E-state index in [1.165, 1.54) is 5.56 Å². The third kappa shape index (κ3) is 2.68. The van der Waals surface area contributed by atoms with E-state index in [0.29, 0.717) is 18.3 Å². The highest BCUT2D eigenvalue weighted by atomic mass is 35.5. The fourth-order valence-corrected chi connectivity index (χ4v) is 2.68. The van der Waals surface area contributed by atoms with E-state index >= 15 is 0 Å². The van der Waals surface area contributed by atoms with Gasteiger partial charge in [0.25, 0.3) is 0 Å². The van der Waals surface area contributed by atoms with E-state index in [9.17, 15) is 0 Å². The van der Waals surface area contributed by atoms with Gasteiger partial charge in [0, 0.05) is 18.7 Å². The van der Waals surface area contributed by atoms with E-state index in [4.69, 9.17) is 21.0 Å². The topological polar surface area (TPSA) is 43.9 Å². The molecule has 0 amide bonds. The van der Waals surface area contributed by atoms with Crippen LogP contribution < -0.4 is 0 Å². The number of benzene rings is 1. The monoisotopic (exact) mass is 303 g/mol. The molecule has 3 rings (SSSR count). The number of aryl methyl sites for hydroxylation is 3. The number of halogens is 1. The second-order valence-electron chi connectivity index (χ2n) is 5.07. The fraction of sp³-hybridized carbons (Fsp3) is 0.375. The zero-order chi connectivity index (χ0) is 14.8. The molecule has 0 saturated heterocycles. The molecule has 0 spiro atoms. The molecule has 0 aliphatic rings. The summed E-state index contributed by atoms with van der Waals surface area (Å²) in [6, 6.07) is 6.20. The minimum Gasteiger partial charge on any atom is -0.444 e. The highest BCUT2D eigenvalue weighted by Gasteiger charge is 2.14. The first-order valence-electron chi connectivity index (χ1n) is 7.17. The van der Waals surface area contributed by atoms with Crippen molar-refractivity contribution < 1.29 is 4.42 Å². The van der Waals surface area contributed by atoms with E-state index < -0.39 is 0 Å². The molecule has 0 bridgehead atoms. The average Bonchev–Trinajstić information content (AvgIpc) is 3.07. The molecule has 5 heteroatoms. The number of imidazole rings is 1. The molecule has 2 aromatic heterocycles. The first-order valence-corrected chi connectivity index (χ1v) is 7.70. The lowest BCUT2D eigenvalue weighted by molar-refractivity contribution is 0.445. The van der Waals surface area contributed by atoms with Gasteiger partial charge in [-0.2, -0.15) is 0 Å². The Morgan fingerprint density at radius 3 is 2.90 bits per heavy atom. The maximum absolute atomic E-state index is 5.91. The fourth-order valence-electron chi connectivity index (χ4n) is 2.51. The van der Waals surface area contributed by atoms with Crippen molar-refractivity contribution in [3.8, 4) is 0 Å². The van der Waals surface area contributed by atoms with Crippen LogP contribution in [0.4, 0.5) is 0 Å². The average molecular weight is 304 g/mol. The van der Waals surface area contributed by atoms with Crippen molar-refractivity contribution in [1.82, 2.24) is 14.5 Å². The zero-order valence-electron chi connectivity index (χ0n) is 12.3. The van der Waals surface area contributed by atoms with Crippen LogP contribution >= 0.6 is 11.6 Å². The van der Waals surface area contributed by atoms with Crippen molar-refractivity contribution in [3.05, 3.63) is 47.4 Å². The summed E-state index contributed by atoms with van der Waals surface area (Å²) in [5.74, 6) is 3.15. The van der Waals surface area contributed by atoms with E-state index in [1.54, 1.807) is 6.20 Å². The second kappa shape index (κ2) is 5.90. The molecule has 0 aliphatic heterocycles. The van der Waals surface area contributed by atoms with Gasteiger partial charge in [-0.15, -0.1) is 11.6 Å². The summed E-state index contributed by atoms with van der Waals surface area (Å²) in [5.41, 5.74) is 3.30. The Balaban J connectivity index is 2.06. The van der Waals surface area contributed by atoms with Crippen molar-refractivity contribution in [1.29, 1.82) is 0 Å². The molecule has 0 aliphatic carbocycles. The number of hydrogen-bond acceptors (Lipinski definition) is 3. The lowest BCUT2D eigenvalue weighted by Crippen LogP contribution is -2.06. The van der Waals surface area contributed by atoms with Gasteiger partial charge in [-0.05, 0) is 18.6 Å². The number of rotatable bonds is 5. The van der Waals surface area contributed by atoms with Crippen molar-refractivity contribution in [3.63, 3.8) is 0 Å². The maximum atomic E-state index is 5.91. The summed E-state index contributed by atoms with van der Waals surface area (Å²) in [6.45, 7) is 4.72. The lowest BCUT2D eigenvalue weighted by atomic mass is 10.2. The van der Waals surface area contributed by atoms with Crippen molar-refractivity contribution in [2.75, 3.05) is 5.88 Å². The van der Waals surface area contributed by atoms with Gasteiger partial charge in [0.1, 0.15) is 18.1 Å². The Hall–Kier alpha value is -1.81. The number of hydrogen-bond donors (Lipinski definition) is 0. The van der Waals surface area contributed by atoms with Crippen LogP contribution in [0.2, 0.25) is 0 Å². The standard InChI is InChI=1S/C16H18ClN3O/c1-3-12-9-18-15(21-12)10-20-13-6-4-5-11(2)16(13)19-14(20)7-8-17/h4-6,9H,3,7-8,10H2,1-2H3. The molecule has 0 saturated carbocycles. The van der Waals surface area contributed by atoms with Gasteiger partial charge in [0.2, 0.25) is 5.89 Å². The van der Waals surface area contributed by atoms with Crippen LogP contribution in [0.5, 0.6) is 0 Å². The maximum Gasteiger partial charge on any atom is 0.214 e. The first-order chi connectivity index (χ1) is 10.2. The van der Waals surface area contributed by atoms with E-state index in [-0.39, 0.29) is 0 Å². The Morgan fingerprint density at radius 2 is 2.19 bits per heavy atom. The van der Waals surface area contributed by atoms with E-state index in [2.05, 4.69) is 35.5 Å². The molecule has 3 aromatic rings. The predicted octanol–water partition coefficient (Wildman–Crippen LogP) is 3.72. The smallest absolute Gasteiger partial charge is 0.214 e. The minimum absolute atomic E-state index is 0.550. The molecule has 0 radical (unpaired) electrons. The Labute approximate surface area is 128 Å². The SMILES string of the molecule is CCc1cnc(Cn2c(CCCl)nc3c(C)cccc32)o1. The Morgan fingerprint density at radius 1 is 1.33 bits per heavy atom. The van der Waals surface area contributed by atoms with Gasteiger partial charge in [0.15, 0.2) is 0 Å². The third-order valence-corrected chi connectivity index (χ3v) is 3.81. The second-order valence-corrected chi connectivity index (χ2v) is 5.45. The van der Waals surface area contributed by atoms with Gasteiger partial charge in [-0.1, -0.05) is 19.1 Å². The summed E-state index contributed by atoms with van der Waals surface area (Å²) in [7, 11) is 0. The molecule has 4 nitrogen and oxygen atoms in total. The summed E-state index contributed by atoms with van der Waals surface area (Å²) >= 11 is 5.91. The zero-order valence-corrected chi connectivity index (χ0v) is 13.0. The first kappa shape index (κ1) is 14.1. The van der Waals surface area contributed by atoms with Crippen molar-refractivity contribution in [2.45, 2.75) is 33.2 Å². The number of para-hydroxylation sites is 1. The Bertz CT molecular complexity index is 760. The van der Waals surface area contributed by atoms with Gasteiger partial charge < -0.3 is 8.98 Å².